The molecule has 0 spiro atoms. The fourth-order valence-corrected chi connectivity index (χ4v) is 4.80. The summed E-state index contributed by atoms with van der Waals surface area (Å²) < 4.78 is 30.5. The summed E-state index contributed by atoms with van der Waals surface area (Å²) in [5, 5.41) is 2.84. The van der Waals surface area contributed by atoms with E-state index in [4.69, 9.17) is 4.42 Å². The molecule has 2 aliphatic rings. The second-order valence-electron chi connectivity index (χ2n) is 6.10. The zero-order chi connectivity index (χ0) is 16.4. The molecule has 0 aromatic carbocycles. The summed E-state index contributed by atoms with van der Waals surface area (Å²) in [4.78, 5) is 14.2. The highest BCUT2D eigenvalue weighted by molar-refractivity contribution is 7.89. The minimum absolute atomic E-state index is 0.0285. The maximum Gasteiger partial charge on any atom is 0.318 e. The topological polar surface area (TPSA) is 82.9 Å². The van der Waals surface area contributed by atoms with Crippen LogP contribution in [0.25, 0.3) is 0 Å². The number of nitrogens with zero attached hydrogens (tertiary/aromatic N) is 2. The molecule has 2 amide bonds. The van der Waals surface area contributed by atoms with Gasteiger partial charge in [-0.25, -0.2) is 17.5 Å². The minimum atomic E-state index is -3.10. The van der Waals surface area contributed by atoms with Crippen LogP contribution in [0.2, 0.25) is 0 Å². The average Bonchev–Trinajstić information content (AvgIpc) is 3.19. The van der Waals surface area contributed by atoms with Crippen molar-refractivity contribution >= 4 is 16.1 Å². The maximum atomic E-state index is 12.4. The predicted octanol–water partition coefficient (Wildman–Crippen LogP) is 1.47. The van der Waals surface area contributed by atoms with Crippen molar-refractivity contribution in [2.75, 3.05) is 31.9 Å². The zero-order valence-corrected chi connectivity index (χ0v) is 14.1. The van der Waals surface area contributed by atoms with Crippen molar-refractivity contribution in [2.24, 2.45) is 0 Å². The number of hydrogen-bond donors (Lipinski definition) is 1. The third-order valence-corrected chi connectivity index (χ3v) is 6.40. The van der Waals surface area contributed by atoms with Crippen LogP contribution in [0.3, 0.4) is 0 Å². The Labute approximate surface area is 136 Å². The van der Waals surface area contributed by atoms with E-state index in [1.165, 1.54) is 4.31 Å². The first-order valence-electron chi connectivity index (χ1n) is 8.06. The molecule has 1 aromatic heterocycles. The summed E-state index contributed by atoms with van der Waals surface area (Å²) in [6.07, 6.45) is 2.50. The minimum Gasteiger partial charge on any atom is -0.464 e. The van der Waals surface area contributed by atoms with E-state index in [1.807, 2.05) is 19.1 Å². The number of likely N-dealkylation sites (tertiary alicyclic amines) is 1. The lowest BCUT2D eigenvalue weighted by Crippen LogP contribution is -2.43. The molecule has 0 aliphatic carbocycles. The lowest BCUT2D eigenvalue weighted by atomic mass is 10.2. The lowest BCUT2D eigenvalue weighted by molar-refractivity contribution is 0.185. The molecule has 0 radical (unpaired) electrons. The Kier molecular flexibility index (Phi) is 4.63. The van der Waals surface area contributed by atoms with Crippen molar-refractivity contribution in [3.05, 3.63) is 23.7 Å². The highest BCUT2D eigenvalue weighted by Crippen LogP contribution is 2.32. The summed E-state index contributed by atoms with van der Waals surface area (Å²) in [6.45, 7) is 3.80. The molecule has 128 valence electrons. The molecule has 0 bridgehead atoms. The number of amides is 2. The molecule has 0 unspecified atom stereocenters. The van der Waals surface area contributed by atoms with Gasteiger partial charge in [-0.1, -0.05) is 0 Å². The number of carbonyl (C=O) groups is 1. The van der Waals surface area contributed by atoms with Gasteiger partial charge < -0.3 is 14.6 Å². The second kappa shape index (κ2) is 6.52. The quantitative estimate of drug-likeness (QED) is 0.899. The van der Waals surface area contributed by atoms with Crippen LogP contribution in [0.15, 0.2) is 16.5 Å². The van der Waals surface area contributed by atoms with E-state index in [0.717, 1.165) is 24.4 Å². The van der Waals surface area contributed by atoms with Crippen LogP contribution in [-0.4, -0.2) is 55.6 Å². The molecule has 7 nitrogen and oxygen atoms in total. The van der Waals surface area contributed by atoms with Crippen LogP contribution < -0.4 is 5.32 Å². The highest BCUT2D eigenvalue weighted by atomic mass is 32.2. The molecule has 2 aliphatic heterocycles. The van der Waals surface area contributed by atoms with Gasteiger partial charge in [0.25, 0.3) is 0 Å². The van der Waals surface area contributed by atoms with Crippen LogP contribution in [0.4, 0.5) is 4.79 Å². The molecule has 0 saturated carbocycles. The Morgan fingerprint density at radius 1 is 1.35 bits per heavy atom. The van der Waals surface area contributed by atoms with Crippen LogP contribution in [0, 0.1) is 6.92 Å². The van der Waals surface area contributed by atoms with Gasteiger partial charge in [-0.2, -0.15) is 0 Å². The Bertz CT molecular complexity index is 670. The first kappa shape index (κ1) is 16.3. The molecule has 23 heavy (non-hydrogen) atoms. The fourth-order valence-electron chi connectivity index (χ4n) is 3.27. The van der Waals surface area contributed by atoms with E-state index in [1.54, 1.807) is 4.90 Å². The number of urea groups is 1. The Balaban J connectivity index is 1.53. The maximum absolute atomic E-state index is 12.4. The molecule has 8 heteroatoms. The monoisotopic (exact) mass is 341 g/mol. The van der Waals surface area contributed by atoms with Gasteiger partial charge in [0.2, 0.25) is 10.0 Å². The van der Waals surface area contributed by atoms with Crippen molar-refractivity contribution in [1.82, 2.24) is 14.5 Å². The number of sulfonamides is 1. The first-order chi connectivity index (χ1) is 11.0. The van der Waals surface area contributed by atoms with E-state index in [9.17, 15) is 13.2 Å². The fraction of sp³-hybridized carbons (Fsp3) is 0.667. The summed E-state index contributed by atoms with van der Waals surface area (Å²) in [5.74, 6) is 1.87. The molecule has 1 N–H and O–H groups in total. The molecule has 2 saturated heterocycles. The normalized spacial score (nSPS) is 24.2. The van der Waals surface area contributed by atoms with Gasteiger partial charge in [0.15, 0.2) is 0 Å². The van der Waals surface area contributed by atoms with E-state index >= 15 is 0 Å². The summed E-state index contributed by atoms with van der Waals surface area (Å²) in [7, 11) is -3.10. The molecule has 3 heterocycles. The molecule has 1 atom stereocenters. The van der Waals surface area contributed by atoms with Gasteiger partial charge in [-0.15, -0.1) is 0 Å². The summed E-state index contributed by atoms with van der Waals surface area (Å²) >= 11 is 0. The van der Waals surface area contributed by atoms with E-state index in [0.29, 0.717) is 32.6 Å². The van der Waals surface area contributed by atoms with Crippen LogP contribution in [0.1, 0.15) is 36.8 Å². The molecule has 3 rings (SSSR count). The number of nitrogens with one attached hydrogen (secondary N) is 1. The molecule has 2 fully saturated rings. The van der Waals surface area contributed by atoms with Gasteiger partial charge in [0, 0.05) is 26.2 Å². The van der Waals surface area contributed by atoms with Crippen molar-refractivity contribution in [1.29, 1.82) is 0 Å². The van der Waals surface area contributed by atoms with E-state index < -0.39 is 10.0 Å². The standard InChI is InChI=1S/C15H23N3O4S/c1-12-5-6-14(22-12)13-4-2-9-18(13)15(19)16-7-10-17-8-3-11-23(17,20)21/h5-6,13H,2-4,7-11H2,1H3,(H,16,19)/t13-/m1/s1. The van der Waals surface area contributed by atoms with Crippen molar-refractivity contribution in [3.8, 4) is 0 Å². The van der Waals surface area contributed by atoms with Crippen molar-refractivity contribution in [2.45, 2.75) is 32.2 Å². The van der Waals surface area contributed by atoms with Gasteiger partial charge in [0.05, 0.1) is 11.8 Å². The molecule has 1 aromatic rings. The van der Waals surface area contributed by atoms with Gasteiger partial charge >= 0.3 is 6.03 Å². The average molecular weight is 341 g/mol. The molecular weight excluding hydrogens is 318 g/mol. The third kappa shape index (κ3) is 3.53. The Hall–Kier alpha value is -1.54. The summed E-state index contributed by atoms with van der Waals surface area (Å²) in [5.41, 5.74) is 0. The van der Waals surface area contributed by atoms with Gasteiger partial charge in [-0.3, -0.25) is 0 Å². The van der Waals surface area contributed by atoms with Gasteiger partial charge in [0.1, 0.15) is 11.5 Å². The van der Waals surface area contributed by atoms with E-state index in [2.05, 4.69) is 5.32 Å². The first-order valence-corrected chi connectivity index (χ1v) is 9.67. The Morgan fingerprint density at radius 3 is 2.83 bits per heavy atom. The van der Waals surface area contributed by atoms with Crippen LogP contribution in [-0.2, 0) is 10.0 Å². The van der Waals surface area contributed by atoms with Crippen molar-refractivity contribution in [3.63, 3.8) is 0 Å². The SMILES string of the molecule is Cc1ccc([C@H]2CCCN2C(=O)NCCN2CCCS2(=O)=O)o1. The number of rotatable bonds is 4. The summed E-state index contributed by atoms with van der Waals surface area (Å²) in [6, 6.07) is 3.64. The number of aryl methyl sites for hydroxylation is 1. The van der Waals surface area contributed by atoms with E-state index in [-0.39, 0.29) is 17.8 Å². The number of hydrogen-bond acceptors (Lipinski definition) is 4. The smallest absolute Gasteiger partial charge is 0.318 e. The largest absolute Gasteiger partial charge is 0.464 e. The lowest BCUT2D eigenvalue weighted by Gasteiger charge is -2.24. The Morgan fingerprint density at radius 2 is 2.17 bits per heavy atom. The second-order valence-corrected chi connectivity index (χ2v) is 8.19. The third-order valence-electron chi connectivity index (χ3n) is 4.44. The van der Waals surface area contributed by atoms with Gasteiger partial charge in [-0.05, 0) is 38.3 Å². The van der Waals surface area contributed by atoms with Crippen molar-refractivity contribution < 1.29 is 17.6 Å². The van der Waals surface area contributed by atoms with Crippen LogP contribution >= 0.6 is 0 Å². The predicted molar refractivity (Wildman–Crippen MR) is 85.5 cm³/mol. The van der Waals surface area contributed by atoms with Crippen LogP contribution in [0.5, 0.6) is 0 Å². The number of carbonyl (C=O) groups excluding carboxylic acids is 1. The number of furan rings is 1. The highest BCUT2D eigenvalue weighted by Gasteiger charge is 2.32. The molecular formula is C15H23N3O4S. The zero-order valence-electron chi connectivity index (χ0n) is 13.3.